The van der Waals surface area contributed by atoms with Gasteiger partial charge in [0.25, 0.3) is 0 Å². The lowest BCUT2D eigenvalue weighted by atomic mass is 10.0. The zero-order chi connectivity index (χ0) is 29.6. The second-order valence-corrected chi connectivity index (χ2v) is 11.1. The Morgan fingerprint density at radius 1 is 1.17 bits per heavy atom. The molecule has 0 bridgehead atoms. The van der Waals surface area contributed by atoms with E-state index in [1.54, 1.807) is 0 Å². The molecule has 10 nitrogen and oxygen atoms in total. The van der Waals surface area contributed by atoms with Crippen LogP contribution in [0, 0.1) is 0 Å². The minimum absolute atomic E-state index is 0.0138. The number of alkyl halides is 3. The number of aromatic nitrogens is 3. The summed E-state index contributed by atoms with van der Waals surface area (Å²) in [4.78, 5) is 30.3. The second-order valence-electron chi connectivity index (χ2n) is 10.7. The van der Waals surface area contributed by atoms with Crippen LogP contribution < -0.4 is 15.4 Å². The Hall–Kier alpha value is -3.58. The molecule has 5 rings (SSSR count). The highest BCUT2D eigenvalue weighted by atomic mass is 35.5. The number of nitrogens with two attached hydrogens (primary N) is 1. The van der Waals surface area contributed by atoms with Crippen LogP contribution in [-0.2, 0) is 6.18 Å². The lowest BCUT2D eigenvalue weighted by molar-refractivity contribution is -0.137. The van der Waals surface area contributed by atoms with Gasteiger partial charge in [-0.05, 0) is 64.5 Å². The average Bonchev–Trinajstić information content (AvgIpc) is 3.36. The van der Waals surface area contributed by atoms with Crippen LogP contribution in [0.3, 0.4) is 0 Å². The van der Waals surface area contributed by atoms with Gasteiger partial charge in [-0.25, -0.2) is 9.78 Å². The number of anilines is 2. The molecule has 1 saturated heterocycles. The quantitative estimate of drug-likeness (QED) is 0.421. The molecule has 2 fully saturated rings. The number of ether oxygens (including phenoxy) is 1. The molecule has 2 unspecified atom stereocenters. The van der Waals surface area contributed by atoms with Gasteiger partial charge in [-0.3, -0.25) is 0 Å². The third-order valence-electron chi connectivity index (χ3n) is 7.73. The number of amides is 1. The Balaban J connectivity index is 1.66. The molecule has 14 heteroatoms. The molecule has 220 valence electrons. The van der Waals surface area contributed by atoms with Crippen LogP contribution in [-0.4, -0.2) is 87.9 Å². The lowest BCUT2D eigenvalue weighted by Gasteiger charge is -2.39. The number of nitrogen functional groups attached to an aromatic ring is 1. The summed E-state index contributed by atoms with van der Waals surface area (Å²) in [5.74, 6) is 0.379. The number of carbonyl (C=O) groups is 1. The first kappa shape index (κ1) is 28.9. The Morgan fingerprint density at radius 3 is 2.59 bits per heavy atom. The van der Waals surface area contributed by atoms with E-state index >= 15 is 0 Å². The van der Waals surface area contributed by atoms with Crippen molar-refractivity contribution in [2.45, 2.75) is 50.6 Å². The van der Waals surface area contributed by atoms with E-state index in [4.69, 9.17) is 27.1 Å². The third kappa shape index (κ3) is 5.78. The maximum Gasteiger partial charge on any atom is 0.418 e. The predicted molar refractivity (Wildman–Crippen MR) is 149 cm³/mol. The number of carboxylic acid groups (broad SMARTS) is 1. The number of hydrogen-bond acceptors (Lipinski definition) is 8. The van der Waals surface area contributed by atoms with Gasteiger partial charge in [-0.1, -0.05) is 11.6 Å². The summed E-state index contributed by atoms with van der Waals surface area (Å²) >= 11 is 6.61. The molecule has 3 heterocycles. The normalized spacial score (nSPS) is 21.6. The van der Waals surface area contributed by atoms with Crippen LogP contribution in [0.15, 0.2) is 24.3 Å². The number of halogens is 4. The highest BCUT2D eigenvalue weighted by molar-refractivity contribution is 6.34. The van der Waals surface area contributed by atoms with Crippen LogP contribution in [0.2, 0.25) is 5.02 Å². The van der Waals surface area contributed by atoms with E-state index in [2.05, 4.69) is 14.9 Å². The van der Waals surface area contributed by atoms with Crippen molar-refractivity contribution in [2.24, 2.45) is 0 Å². The van der Waals surface area contributed by atoms with Gasteiger partial charge in [-0.15, -0.1) is 0 Å². The molecular formula is C27H31ClF3N7O3. The van der Waals surface area contributed by atoms with Crippen molar-refractivity contribution < 1.29 is 27.8 Å². The van der Waals surface area contributed by atoms with E-state index in [0.29, 0.717) is 23.3 Å². The van der Waals surface area contributed by atoms with Crippen molar-refractivity contribution in [3.05, 3.63) is 34.9 Å². The van der Waals surface area contributed by atoms with Gasteiger partial charge >= 0.3 is 18.3 Å². The van der Waals surface area contributed by atoms with E-state index in [1.165, 1.54) is 17.0 Å². The Labute approximate surface area is 239 Å². The Bertz CT molecular complexity index is 1470. The molecule has 3 atom stereocenters. The fourth-order valence-corrected chi connectivity index (χ4v) is 5.94. The summed E-state index contributed by atoms with van der Waals surface area (Å²) in [7, 11) is 3.96. The zero-order valence-corrected chi connectivity index (χ0v) is 23.6. The zero-order valence-electron chi connectivity index (χ0n) is 22.8. The van der Waals surface area contributed by atoms with E-state index < -0.39 is 23.5 Å². The smallest absolute Gasteiger partial charge is 0.418 e. The van der Waals surface area contributed by atoms with Gasteiger partial charge in [0.05, 0.1) is 21.8 Å². The molecular weight excluding hydrogens is 563 g/mol. The van der Waals surface area contributed by atoms with Crippen LogP contribution >= 0.6 is 11.6 Å². The maximum atomic E-state index is 13.9. The van der Waals surface area contributed by atoms with Crippen molar-refractivity contribution in [1.29, 1.82) is 0 Å². The summed E-state index contributed by atoms with van der Waals surface area (Å²) in [5.41, 5.74) is 4.72. The number of nitrogens with zero attached hydrogens (tertiary/aromatic N) is 6. The number of pyridine rings is 1. The maximum absolute atomic E-state index is 13.9. The van der Waals surface area contributed by atoms with Crippen LogP contribution in [0.5, 0.6) is 6.01 Å². The van der Waals surface area contributed by atoms with Gasteiger partial charge in [0.1, 0.15) is 17.7 Å². The summed E-state index contributed by atoms with van der Waals surface area (Å²) in [5, 5.41) is 9.99. The molecule has 2 aromatic heterocycles. The van der Waals surface area contributed by atoms with Crippen LogP contribution in [0.1, 0.15) is 31.7 Å². The fraction of sp³-hybridized carbons (Fsp3) is 0.481. The molecule has 1 aliphatic carbocycles. The first-order valence-electron chi connectivity index (χ1n) is 13.3. The number of fused-ring (bicyclic) bond motifs is 1. The van der Waals surface area contributed by atoms with Crippen molar-refractivity contribution in [2.75, 3.05) is 44.4 Å². The Kier molecular flexibility index (Phi) is 7.77. The number of likely N-dealkylation sites (N-methyl/N-ethyl adjacent to an activating group) is 1. The Morgan fingerprint density at radius 2 is 1.93 bits per heavy atom. The highest BCUT2D eigenvalue weighted by Crippen LogP contribution is 2.42. The topological polar surface area (TPSA) is 121 Å². The van der Waals surface area contributed by atoms with Gasteiger partial charge in [0.15, 0.2) is 0 Å². The van der Waals surface area contributed by atoms with Crippen molar-refractivity contribution in [3.8, 4) is 17.3 Å². The summed E-state index contributed by atoms with van der Waals surface area (Å²) < 4.78 is 48.1. The van der Waals surface area contributed by atoms with E-state index in [0.717, 1.165) is 31.4 Å². The largest absolute Gasteiger partial charge is 0.465 e. The molecule has 1 aromatic carbocycles. The number of piperazine rings is 1. The molecule has 3 N–H and O–H groups in total. The average molecular weight is 594 g/mol. The number of hydrogen-bond donors (Lipinski definition) is 2. The summed E-state index contributed by atoms with van der Waals surface area (Å²) in [6.45, 7) is 2.72. The van der Waals surface area contributed by atoms with Crippen molar-refractivity contribution >= 4 is 40.2 Å². The molecule has 2 aliphatic rings. The minimum atomic E-state index is -4.69. The SMILES string of the molecule is C[C@H]1CN(C(=O)O)CCN1c1nc(OC2CCCC2N(C)C)nc2cc(-c3nc(N)ccc3C(F)(F)F)c(Cl)cc12. The van der Waals surface area contributed by atoms with Gasteiger partial charge < -0.3 is 30.3 Å². The predicted octanol–water partition coefficient (Wildman–Crippen LogP) is 5.00. The monoisotopic (exact) mass is 593 g/mol. The van der Waals surface area contributed by atoms with Gasteiger partial charge in [0, 0.05) is 42.7 Å². The van der Waals surface area contributed by atoms with Crippen LogP contribution in [0.4, 0.5) is 29.6 Å². The molecule has 1 aliphatic heterocycles. The molecule has 3 aromatic rings. The first-order chi connectivity index (χ1) is 19.3. The molecule has 1 amide bonds. The molecule has 1 saturated carbocycles. The van der Waals surface area contributed by atoms with E-state index in [9.17, 15) is 23.1 Å². The second kappa shape index (κ2) is 11.0. The number of benzene rings is 1. The third-order valence-corrected chi connectivity index (χ3v) is 8.04. The lowest BCUT2D eigenvalue weighted by Crippen LogP contribution is -2.53. The molecule has 0 spiro atoms. The first-order valence-corrected chi connectivity index (χ1v) is 13.6. The molecule has 0 radical (unpaired) electrons. The number of rotatable bonds is 5. The van der Waals surface area contributed by atoms with Crippen molar-refractivity contribution in [1.82, 2.24) is 24.8 Å². The van der Waals surface area contributed by atoms with E-state index in [1.807, 2.05) is 25.9 Å². The van der Waals surface area contributed by atoms with E-state index in [-0.39, 0.29) is 53.7 Å². The standard InChI is InChI=1S/C27H31ClF3N7O3/c1-14-13-37(26(39)40)9-10-38(14)24-16-11-18(28)15(23-17(27(29,30)31)7-8-22(32)34-23)12-19(16)33-25(35-24)41-21-6-4-5-20(21)36(2)3/h7-8,11-12,14,20-21H,4-6,9-10,13H2,1-3H3,(H2,32,34)(H,39,40)/t14-,20?,21?/m0/s1. The minimum Gasteiger partial charge on any atom is -0.465 e. The van der Waals surface area contributed by atoms with Gasteiger partial charge in [0.2, 0.25) is 0 Å². The van der Waals surface area contributed by atoms with Gasteiger partial charge in [-0.2, -0.15) is 23.1 Å². The summed E-state index contributed by atoms with van der Waals surface area (Å²) in [6, 6.07) is 4.93. The van der Waals surface area contributed by atoms with Crippen molar-refractivity contribution in [3.63, 3.8) is 0 Å². The highest BCUT2D eigenvalue weighted by Gasteiger charge is 2.36. The molecule has 41 heavy (non-hydrogen) atoms. The fourth-order valence-electron chi connectivity index (χ4n) is 5.69. The summed E-state index contributed by atoms with van der Waals surface area (Å²) in [6.07, 6.45) is -3.14. The van der Waals surface area contributed by atoms with Crippen LogP contribution in [0.25, 0.3) is 22.2 Å².